The van der Waals surface area contributed by atoms with Crippen LogP contribution in [-0.4, -0.2) is 62.1 Å². The zero-order valence-electron chi connectivity index (χ0n) is 21.7. The first-order chi connectivity index (χ1) is 18.6. The molecule has 0 bridgehead atoms. The number of amides is 2. The van der Waals surface area contributed by atoms with Crippen molar-refractivity contribution in [2.24, 2.45) is 0 Å². The van der Waals surface area contributed by atoms with Crippen LogP contribution < -0.4 is 14.8 Å². The molecule has 9 nitrogen and oxygen atoms in total. The molecular weight excluding hydrogens is 542 g/mol. The topological polar surface area (TPSA) is 105 Å². The Morgan fingerprint density at radius 2 is 1.62 bits per heavy atom. The van der Waals surface area contributed by atoms with E-state index in [1.54, 1.807) is 36.4 Å². The van der Waals surface area contributed by atoms with Gasteiger partial charge in [0.25, 0.3) is 0 Å². The molecule has 1 aliphatic rings. The van der Waals surface area contributed by atoms with Gasteiger partial charge in [0.05, 0.1) is 12.8 Å². The van der Waals surface area contributed by atoms with Crippen molar-refractivity contribution in [3.8, 4) is 11.5 Å². The minimum Gasteiger partial charge on any atom is -0.454 e. The summed E-state index contributed by atoms with van der Waals surface area (Å²) in [6.07, 6.45) is 1.26. The van der Waals surface area contributed by atoms with Gasteiger partial charge in [-0.2, -0.15) is 4.31 Å². The maximum absolute atomic E-state index is 13.7. The lowest BCUT2D eigenvalue weighted by Crippen LogP contribution is -2.52. The fraction of sp³-hybridized carbons (Fsp3) is 0.286. The van der Waals surface area contributed by atoms with E-state index in [1.165, 1.54) is 11.9 Å². The van der Waals surface area contributed by atoms with Crippen LogP contribution in [0, 0.1) is 0 Å². The summed E-state index contributed by atoms with van der Waals surface area (Å²) in [7, 11) is -2.29. The molecule has 0 unspecified atom stereocenters. The van der Waals surface area contributed by atoms with Gasteiger partial charge in [-0.1, -0.05) is 60.1 Å². The Balaban J connectivity index is 1.62. The smallest absolute Gasteiger partial charge is 0.243 e. The fourth-order valence-corrected chi connectivity index (χ4v) is 4.57. The van der Waals surface area contributed by atoms with Gasteiger partial charge in [0.1, 0.15) is 6.04 Å². The first kappa shape index (κ1) is 28.4. The van der Waals surface area contributed by atoms with Crippen molar-refractivity contribution in [3.63, 3.8) is 0 Å². The number of benzene rings is 3. The molecule has 3 aromatic rings. The quantitative estimate of drug-likeness (QED) is 0.379. The highest BCUT2D eigenvalue weighted by Gasteiger charge is 2.32. The molecule has 4 rings (SSSR count). The van der Waals surface area contributed by atoms with Crippen molar-refractivity contribution in [1.82, 2.24) is 14.5 Å². The summed E-state index contributed by atoms with van der Waals surface area (Å²) in [5.74, 6) is 0.366. The average Bonchev–Trinajstić information content (AvgIpc) is 3.38. The summed E-state index contributed by atoms with van der Waals surface area (Å²) in [6.45, 7) is 0.0245. The van der Waals surface area contributed by atoms with Crippen LogP contribution in [0.15, 0.2) is 72.8 Å². The maximum atomic E-state index is 13.7. The Hall–Kier alpha value is -3.60. The van der Waals surface area contributed by atoms with Crippen molar-refractivity contribution in [3.05, 3.63) is 94.5 Å². The molecule has 0 aromatic heterocycles. The number of ether oxygens (including phenoxy) is 2. The largest absolute Gasteiger partial charge is 0.454 e. The monoisotopic (exact) mass is 571 g/mol. The third kappa shape index (κ3) is 7.72. The summed E-state index contributed by atoms with van der Waals surface area (Å²) in [5, 5.41) is 3.48. The second kappa shape index (κ2) is 12.5. The van der Waals surface area contributed by atoms with Crippen LogP contribution in [0.4, 0.5) is 0 Å². The number of nitrogens with one attached hydrogen (secondary N) is 1. The highest BCUT2D eigenvalue weighted by molar-refractivity contribution is 7.88. The van der Waals surface area contributed by atoms with Crippen LogP contribution in [0.5, 0.6) is 11.5 Å². The molecule has 1 aliphatic heterocycles. The van der Waals surface area contributed by atoms with E-state index in [0.717, 1.165) is 27.3 Å². The first-order valence-corrected chi connectivity index (χ1v) is 14.5. The zero-order valence-corrected chi connectivity index (χ0v) is 23.2. The fourth-order valence-electron chi connectivity index (χ4n) is 4.10. The van der Waals surface area contributed by atoms with Gasteiger partial charge < -0.3 is 19.7 Å². The molecule has 0 aliphatic carbocycles. The van der Waals surface area contributed by atoms with E-state index in [0.29, 0.717) is 16.5 Å². The number of nitrogens with zero attached hydrogens (tertiary/aromatic N) is 2. The van der Waals surface area contributed by atoms with Gasteiger partial charge in [0.15, 0.2) is 11.5 Å². The Labute approximate surface area is 233 Å². The Kier molecular flexibility index (Phi) is 9.11. The molecule has 1 atom stereocenters. The SMILES string of the molecule is CN(CC(=O)N(Cc1ccc(Cl)cc1)[C@H](Cc1ccccc1)C(=O)NCc1ccc2c(c1)OCO2)S(C)(=O)=O. The van der Waals surface area contributed by atoms with E-state index in [9.17, 15) is 18.0 Å². The Bertz CT molecular complexity index is 1420. The molecule has 2 amide bonds. The number of hydrogen-bond donors (Lipinski definition) is 1. The number of fused-ring (bicyclic) bond motifs is 1. The third-order valence-corrected chi connectivity index (χ3v) is 7.88. The van der Waals surface area contributed by atoms with Crippen LogP contribution in [0.3, 0.4) is 0 Å². The summed E-state index contributed by atoms with van der Waals surface area (Å²) < 4.78 is 35.9. The van der Waals surface area contributed by atoms with Gasteiger partial charge in [-0.05, 0) is 41.0 Å². The number of hydrogen-bond acceptors (Lipinski definition) is 6. The molecule has 0 radical (unpaired) electrons. The first-order valence-electron chi connectivity index (χ1n) is 12.3. The molecule has 3 aromatic carbocycles. The molecule has 0 fully saturated rings. The predicted molar refractivity (Wildman–Crippen MR) is 148 cm³/mol. The Morgan fingerprint density at radius 3 is 2.31 bits per heavy atom. The van der Waals surface area contributed by atoms with Gasteiger partial charge in [-0.25, -0.2) is 8.42 Å². The van der Waals surface area contributed by atoms with Gasteiger partial charge in [0, 0.05) is 31.6 Å². The summed E-state index contributed by atoms with van der Waals surface area (Å²) in [4.78, 5) is 28.7. The molecule has 206 valence electrons. The van der Waals surface area contributed by atoms with E-state index >= 15 is 0 Å². The lowest BCUT2D eigenvalue weighted by Gasteiger charge is -2.32. The van der Waals surface area contributed by atoms with E-state index in [4.69, 9.17) is 21.1 Å². The standard InChI is InChI=1S/C28H30ClN3O6S/c1-31(39(2,35)36)18-27(33)32(17-21-8-11-23(29)12-9-21)24(14-20-6-4-3-5-7-20)28(34)30-16-22-10-13-25-26(15-22)38-19-37-25/h3-13,15,24H,14,16-19H2,1-2H3,(H,30,34)/t24-/m1/s1. The van der Waals surface area contributed by atoms with Crippen molar-refractivity contribution in [2.45, 2.75) is 25.6 Å². The Morgan fingerprint density at radius 1 is 0.949 bits per heavy atom. The summed E-state index contributed by atoms with van der Waals surface area (Å²) in [6, 6.07) is 20.8. The second-order valence-electron chi connectivity index (χ2n) is 9.28. The molecule has 0 spiro atoms. The number of sulfonamides is 1. The second-order valence-corrected chi connectivity index (χ2v) is 11.8. The highest BCUT2D eigenvalue weighted by atomic mass is 35.5. The van der Waals surface area contributed by atoms with E-state index in [-0.39, 0.29) is 32.2 Å². The van der Waals surface area contributed by atoms with Gasteiger partial charge in [-0.3, -0.25) is 9.59 Å². The molecule has 39 heavy (non-hydrogen) atoms. The number of rotatable bonds is 11. The summed E-state index contributed by atoms with van der Waals surface area (Å²) in [5.41, 5.74) is 2.40. The zero-order chi connectivity index (χ0) is 28.0. The van der Waals surface area contributed by atoms with Crippen LogP contribution in [0.1, 0.15) is 16.7 Å². The molecule has 1 heterocycles. The maximum Gasteiger partial charge on any atom is 0.243 e. The normalized spacial score (nSPS) is 13.2. The number of carbonyl (C=O) groups is 2. The van der Waals surface area contributed by atoms with Crippen molar-refractivity contribution < 1.29 is 27.5 Å². The van der Waals surface area contributed by atoms with Crippen LogP contribution >= 0.6 is 11.6 Å². The van der Waals surface area contributed by atoms with Crippen LogP contribution in [0.25, 0.3) is 0 Å². The average molecular weight is 572 g/mol. The van der Waals surface area contributed by atoms with E-state index in [2.05, 4.69) is 5.32 Å². The van der Waals surface area contributed by atoms with Crippen molar-refractivity contribution >= 4 is 33.4 Å². The highest BCUT2D eigenvalue weighted by Crippen LogP contribution is 2.32. The van der Waals surface area contributed by atoms with E-state index in [1.807, 2.05) is 36.4 Å². The van der Waals surface area contributed by atoms with E-state index < -0.39 is 28.5 Å². The molecule has 11 heteroatoms. The van der Waals surface area contributed by atoms with Crippen LogP contribution in [0.2, 0.25) is 5.02 Å². The summed E-state index contributed by atoms with van der Waals surface area (Å²) >= 11 is 6.05. The minimum atomic E-state index is -3.62. The lowest BCUT2D eigenvalue weighted by molar-refractivity contribution is -0.141. The molecule has 0 saturated heterocycles. The molecule has 0 saturated carbocycles. The molecular formula is C28H30ClN3O6S. The predicted octanol–water partition coefficient (Wildman–Crippen LogP) is 3.22. The number of carbonyl (C=O) groups excluding carboxylic acids is 2. The number of halogens is 1. The van der Waals surface area contributed by atoms with Gasteiger partial charge in [0.2, 0.25) is 28.6 Å². The minimum absolute atomic E-state index is 0.0859. The third-order valence-electron chi connectivity index (χ3n) is 6.37. The van der Waals surface area contributed by atoms with Gasteiger partial charge >= 0.3 is 0 Å². The van der Waals surface area contributed by atoms with Crippen LogP contribution in [-0.2, 0) is 39.1 Å². The lowest BCUT2D eigenvalue weighted by atomic mass is 10.0. The molecule has 1 N–H and O–H groups in total. The van der Waals surface area contributed by atoms with Gasteiger partial charge in [-0.15, -0.1) is 0 Å². The van der Waals surface area contributed by atoms with Crippen molar-refractivity contribution in [1.29, 1.82) is 0 Å². The number of likely N-dealkylation sites (N-methyl/N-ethyl adjacent to an activating group) is 1. The van der Waals surface area contributed by atoms with Crippen molar-refractivity contribution in [2.75, 3.05) is 26.6 Å².